The summed E-state index contributed by atoms with van der Waals surface area (Å²) >= 11 is 0. The lowest BCUT2D eigenvalue weighted by Gasteiger charge is -2.21. The van der Waals surface area contributed by atoms with Crippen molar-refractivity contribution in [3.8, 4) is 0 Å². The van der Waals surface area contributed by atoms with Gasteiger partial charge >= 0.3 is 0 Å². The minimum Gasteiger partial charge on any atom is -0.0851 e. The number of rotatable bonds is 4. The second kappa shape index (κ2) is 4.00. The van der Waals surface area contributed by atoms with Gasteiger partial charge in [-0.25, -0.2) is 0 Å². The zero-order valence-corrected chi connectivity index (χ0v) is 10.7. The van der Waals surface area contributed by atoms with Crippen LogP contribution in [0.1, 0.15) is 44.9 Å². The molecule has 0 spiro atoms. The molecule has 0 aromatic heterocycles. The third-order valence-electron chi connectivity index (χ3n) is 5.98. The maximum absolute atomic E-state index is 2.51. The molecule has 0 amide bonds. The Morgan fingerprint density at radius 2 is 1.18 bits per heavy atom. The molecule has 6 unspecified atom stereocenters. The molecule has 0 heteroatoms. The van der Waals surface area contributed by atoms with E-state index >= 15 is 0 Å². The van der Waals surface area contributed by atoms with Crippen molar-refractivity contribution in [3.05, 3.63) is 24.3 Å². The van der Waals surface area contributed by atoms with Crippen LogP contribution in [0.2, 0.25) is 0 Å². The highest BCUT2D eigenvalue weighted by atomic mass is 14.4. The monoisotopic (exact) mass is 228 g/mol. The summed E-state index contributed by atoms with van der Waals surface area (Å²) in [6, 6.07) is 0. The Hall–Kier alpha value is -0.520. The van der Waals surface area contributed by atoms with Crippen LogP contribution in [0.25, 0.3) is 0 Å². The predicted molar refractivity (Wildman–Crippen MR) is 71.5 cm³/mol. The smallest absolute Gasteiger partial charge is 0.0199 e. The summed E-state index contributed by atoms with van der Waals surface area (Å²) in [6.07, 6.45) is 20.5. The molecule has 0 nitrogen and oxygen atoms in total. The van der Waals surface area contributed by atoms with Crippen LogP contribution in [-0.4, -0.2) is 0 Å². The fourth-order valence-corrected chi connectivity index (χ4v) is 5.10. The highest BCUT2D eigenvalue weighted by Crippen LogP contribution is 2.48. The molecule has 4 bridgehead atoms. The Kier molecular flexibility index (Phi) is 2.45. The summed E-state index contributed by atoms with van der Waals surface area (Å²) in [7, 11) is 0. The lowest BCUT2D eigenvalue weighted by atomic mass is 9.84. The van der Waals surface area contributed by atoms with Gasteiger partial charge in [0.25, 0.3) is 0 Å². The number of fused-ring (bicyclic) bond motifs is 4. The molecular weight excluding hydrogens is 204 g/mol. The van der Waals surface area contributed by atoms with Gasteiger partial charge < -0.3 is 0 Å². The average Bonchev–Trinajstić information content (AvgIpc) is 3.09. The van der Waals surface area contributed by atoms with Crippen LogP contribution in [0.15, 0.2) is 24.3 Å². The minimum atomic E-state index is 0.968. The number of allylic oxidation sites excluding steroid dienone is 4. The molecule has 0 heterocycles. The highest BCUT2D eigenvalue weighted by Gasteiger charge is 2.37. The van der Waals surface area contributed by atoms with Crippen LogP contribution in [-0.2, 0) is 0 Å². The molecule has 4 rings (SSSR count). The van der Waals surface area contributed by atoms with Gasteiger partial charge in [0.05, 0.1) is 0 Å². The Bertz CT molecular complexity index is 317. The van der Waals surface area contributed by atoms with Gasteiger partial charge in [0.1, 0.15) is 0 Å². The lowest BCUT2D eigenvalue weighted by Crippen LogP contribution is -2.10. The average molecular weight is 228 g/mol. The molecule has 92 valence electrons. The summed E-state index contributed by atoms with van der Waals surface area (Å²) in [5, 5.41) is 0. The second-order valence-electron chi connectivity index (χ2n) is 7.01. The fourth-order valence-electron chi connectivity index (χ4n) is 5.10. The van der Waals surface area contributed by atoms with Crippen molar-refractivity contribution in [3.63, 3.8) is 0 Å². The number of hydrogen-bond acceptors (Lipinski definition) is 0. The van der Waals surface area contributed by atoms with E-state index in [4.69, 9.17) is 0 Å². The van der Waals surface area contributed by atoms with Gasteiger partial charge in [-0.1, -0.05) is 30.7 Å². The van der Waals surface area contributed by atoms with E-state index in [0.717, 1.165) is 35.5 Å². The van der Waals surface area contributed by atoms with E-state index in [1.165, 1.54) is 44.9 Å². The lowest BCUT2D eigenvalue weighted by molar-refractivity contribution is 0.347. The van der Waals surface area contributed by atoms with Gasteiger partial charge in [-0.15, -0.1) is 0 Å². The standard InChI is InChI=1S/C17H24/c1(2-14-8-12-4-6-16(14)10-12)3-15-9-13-5-7-17(15)11-13/h4-7,12-17H,1-3,8-11H2. The van der Waals surface area contributed by atoms with Gasteiger partial charge in [-0.05, 0) is 74.0 Å². The van der Waals surface area contributed by atoms with E-state index in [-0.39, 0.29) is 0 Å². The van der Waals surface area contributed by atoms with Crippen LogP contribution < -0.4 is 0 Å². The third kappa shape index (κ3) is 1.80. The molecule has 2 fully saturated rings. The zero-order chi connectivity index (χ0) is 11.2. The molecule has 17 heavy (non-hydrogen) atoms. The second-order valence-corrected chi connectivity index (χ2v) is 7.01. The minimum absolute atomic E-state index is 0.968. The summed E-state index contributed by atoms with van der Waals surface area (Å²) < 4.78 is 0. The molecule has 0 N–H and O–H groups in total. The van der Waals surface area contributed by atoms with Gasteiger partial charge in [-0.3, -0.25) is 0 Å². The molecule has 6 atom stereocenters. The van der Waals surface area contributed by atoms with Crippen LogP contribution in [0, 0.1) is 35.5 Å². The quantitative estimate of drug-likeness (QED) is 0.618. The van der Waals surface area contributed by atoms with E-state index in [2.05, 4.69) is 24.3 Å². The maximum Gasteiger partial charge on any atom is -0.0199 e. The molecule has 0 aromatic carbocycles. The zero-order valence-electron chi connectivity index (χ0n) is 10.7. The van der Waals surface area contributed by atoms with Crippen LogP contribution in [0.5, 0.6) is 0 Å². The van der Waals surface area contributed by atoms with Gasteiger partial charge in [0, 0.05) is 0 Å². The first-order valence-corrected chi connectivity index (χ1v) is 7.75. The van der Waals surface area contributed by atoms with Crippen molar-refractivity contribution in [2.45, 2.75) is 44.9 Å². The first-order chi connectivity index (χ1) is 8.38. The summed E-state index contributed by atoms with van der Waals surface area (Å²) in [6.45, 7) is 0. The summed E-state index contributed by atoms with van der Waals surface area (Å²) in [5.41, 5.74) is 0. The largest absolute Gasteiger partial charge is 0.0851 e. The van der Waals surface area contributed by atoms with E-state index in [9.17, 15) is 0 Å². The van der Waals surface area contributed by atoms with E-state index in [1.54, 1.807) is 0 Å². The van der Waals surface area contributed by atoms with Crippen LogP contribution in [0.4, 0.5) is 0 Å². The summed E-state index contributed by atoms with van der Waals surface area (Å²) in [5.74, 6) is 5.99. The predicted octanol–water partition coefficient (Wildman–Crippen LogP) is 4.58. The van der Waals surface area contributed by atoms with Gasteiger partial charge in [0.2, 0.25) is 0 Å². The first kappa shape index (κ1) is 10.4. The van der Waals surface area contributed by atoms with Crippen LogP contribution >= 0.6 is 0 Å². The van der Waals surface area contributed by atoms with Gasteiger partial charge in [0.15, 0.2) is 0 Å². The molecule has 4 aliphatic carbocycles. The Labute approximate surface area is 105 Å². The van der Waals surface area contributed by atoms with E-state index in [0.29, 0.717) is 0 Å². The molecule has 0 aliphatic heterocycles. The molecular formula is C17H24. The molecule has 2 saturated carbocycles. The highest BCUT2D eigenvalue weighted by molar-refractivity contribution is 5.11. The Morgan fingerprint density at radius 3 is 1.53 bits per heavy atom. The van der Waals surface area contributed by atoms with Gasteiger partial charge in [-0.2, -0.15) is 0 Å². The fraction of sp³-hybridized carbons (Fsp3) is 0.765. The Morgan fingerprint density at radius 1 is 0.647 bits per heavy atom. The maximum atomic E-state index is 2.51. The number of hydrogen-bond donors (Lipinski definition) is 0. The molecule has 4 aliphatic rings. The topological polar surface area (TPSA) is 0 Å². The first-order valence-electron chi connectivity index (χ1n) is 7.75. The van der Waals surface area contributed by atoms with Crippen molar-refractivity contribution in [1.82, 2.24) is 0 Å². The van der Waals surface area contributed by atoms with Crippen LogP contribution in [0.3, 0.4) is 0 Å². The third-order valence-corrected chi connectivity index (χ3v) is 5.98. The van der Waals surface area contributed by atoms with E-state index in [1.807, 2.05) is 0 Å². The van der Waals surface area contributed by atoms with Crippen molar-refractivity contribution in [2.75, 3.05) is 0 Å². The van der Waals surface area contributed by atoms with Crippen molar-refractivity contribution in [1.29, 1.82) is 0 Å². The van der Waals surface area contributed by atoms with Crippen molar-refractivity contribution in [2.24, 2.45) is 35.5 Å². The van der Waals surface area contributed by atoms with Crippen molar-refractivity contribution < 1.29 is 0 Å². The summed E-state index contributed by atoms with van der Waals surface area (Å²) in [4.78, 5) is 0. The molecule has 0 saturated heterocycles. The van der Waals surface area contributed by atoms with E-state index < -0.39 is 0 Å². The van der Waals surface area contributed by atoms with Crippen molar-refractivity contribution >= 4 is 0 Å². The normalized spacial score (nSPS) is 49.6. The molecule has 0 radical (unpaired) electrons. The SMILES string of the molecule is C1=CC2CC1CC2CCCC1CC2C=CC1C2. The molecule has 0 aromatic rings. The Balaban J connectivity index is 1.24.